The molecule has 96 valence electrons. The zero-order valence-electron chi connectivity index (χ0n) is 9.89. The number of benzene rings is 1. The number of aromatic nitrogens is 2. The van der Waals surface area contributed by atoms with Gasteiger partial charge in [-0.15, -0.1) is 0 Å². The quantitative estimate of drug-likeness (QED) is 0.852. The van der Waals surface area contributed by atoms with Gasteiger partial charge in [-0.25, -0.2) is 9.97 Å². The van der Waals surface area contributed by atoms with E-state index in [4.69, 9.17) is 16.3 Å². The van der Waals surface area contributed by atoms with E-state index < -0.39 is 0 Å². The van der Waals surface area contributed by atoms with Crippen LogP contribution in [-0.4, -0.2) is 22.5 Å². The van der Waals surface area contributed by atoms with Gasteiger partial charge in [0.25, 0.3) is 5.91 Å². The molecule has 2 aromatic rings. The van der Waals surface area contributed by atoms with Gasteiger partial charge in [0.15, 0.2) is 6.61 Å². The zero-order chi connectivity index (χ0) is 13.2. The van der Waals surface area contributed by atoms with Gasteiger partial charge in [0, 0.05) is 12.1 Å². The van der Waals surface area contributed by atoms with E-state index in [9.17, 15) is 4.79 Å². The molecule has 0 bridgehead atoms. The Morgan fingerprint density at radius 3 is 3.11 bits per heavy atom. The van der Waals surface area contributed by atoms with Gasteiger partial charge in [-0.05, 0) is 17.7 Å². The van der Waals surface area contributed by atoms with E-state index in [1.807, 2.05) is 18.2 Å². The highest BCUT2D eigenvalue weighted by Crippen LogP contribution is 2.32. The number of hydrogen-bond donors (Lipinski definition) is 1. The third-order valence-electron chi connectivity index (χ3n) is 2.80. The largest absolute Gasteiger partial charge is 0.482 e. The number of rotatable bonds is 2. The number of fused-ring (bicyclic) bond motifs is 1. The van der Waals surface area contributed by atoms with Crippen molar-refractivity contribution in [3.63, 3.8) is 0 Å². The normalized spacial score (nSPS) is 13.4. The van der Waals surface area contributed by atoms with E-state index in [0.717, 1.165) is 11.3 Å². The van der Waals surface area contributed by atoms with E-state index in [0.29, 0.717) is 23.0 Å². The molecule has 1 aliphatic rings. The van der Waals surface area contributed by atoms with Crippen molar-refractivity contribution in [3.05, 3.63) is 47.0 Å². The first-order chi connectivity index (χ1) is 9.22. The molecule has 0 unspecified atom stereocenters. The van der Waals surface area contributed by atoms with Crippen molar-refractivity contribution in [2.45, 2.75) is 6.42 Å². The Kier molecular flexibility index (Phi) is 3.05. The average molecular weight is 276 g/mol. The van der Waals surface area contributed by atoms with Crippen LogP contribution in [0, 0.1) is 0 Å². The van der Waals surface area contributed by atoms with Gasteiger partial charge in [-0.1, -0.05) is 23.7 Å². The van der Waals surface area contributed by atoms with E-state index in [-0.39, 0.29) is 12.5 Å². The van der Waals surface area contributed by atoms with Gasteiger partial charge in [0.2, 0.25) is 0 Å². The molecule has 0 saturated heterocycles. The maximum Gasteiger partial charge on any atom is 0.262 e. The Hall–Kier alpha value is -2.14. The number of nitrogens with zero attached hydrogens (tertiary/aromatic N) is 2. The molecule has 1 aliphatic heterocycles. The molecular weight excluding hydrogens is 266 g/mol. The van der Waals surface area contributed by atoms with Crippen molar-refractivity contribution in [2.75, 3.05) is 11.9 Å². The van der Waals surface area contributed by atoms with Crippen LogP contribution in [0.3, 0.4) is 0 Å². The topological polar surface area (TPSA) is 64.1 Å². The standard InChI is InChI=1S/C13H10ClN3O2/c14-11-5-9(15-7-16-11)4-8-2-1-3-10-13(8)17-12(18)6-19-10/h1-3,5,7H,4,6H2,(H,17,18). The van der Waals surface area contributed by atoms with Crippen LogP contribution >= 0.6 is 11.6 Å². The lowest BCUT2D eigenvalue weighted by atomic mass is 10.1. The number of amides is 1. The predicted molar refractivity (Wildman–Crippen MR) is 70.4 cm³/mol. The number of carbonyl (C=O) groups is 1. The minimum absolute atomic E-state index is 0.0514. The number of para-hydroxylation sites is 1. The number of anilines is 1. The summed E-state index contributed by atoms with van der Waals surface area (Å²) in [5, 5.41) is 3.22. The molecular formula is C13H10ClN3O2. The summed E-state index contributed by atoms with van der Waals surface area (Å²) in [6.07, 6.45) is 1.97. The predicted octanol–water partition coefficient (Wildman–Crippen LogP) is 2.05. The summed E-state index contributed by atoms with van der Waals surface area (Å²) in [7, 11) is 0. The highest BCUT2D eigenvalue weighted by molar-refractivity contribution is 6.29. The summed E-state index contributed by atoms with van der Waals surface area (Å²) in [6.45, 7) is 0.0514. The third-order valence-corrected chi connectivity index (χ3v) is 3.00. The summed E-state index contributed by atoms with van der Waals surface area (Å²) in [6, 6.07) is 7.33. The van der Waals surface area contributed by atoms with E-state index in [2.05, 4.69) is 15.3 Å². The molecule has 0 atom stereocenters. The van der Waals surface area contributed by atoms with Crippen LogP contribution in [0.25, 0.3) is 0 Å². The van der Waals surface area contributed by atoms with Gasteiger partial charge < -0.3 is 10.1 Å². The molecule has 3 rings (SSSR count). The van der Waals surface area contributed by atoms with Crippen LogP contribution in [-0.2, 0) is 11.2 Å². The molecule has 6 heteroatoms. The van der Waals surface area contributed by atoms with Crippen molar-refractivity contribution in [1.29, 1.82) is 0 Å². The lowest BCUT2D eigenvalue weighted by molar-refractivity contribution is -0.118. The Balaban J connectivity index is 1.95. The second-order valence-corrected chi connectivity index (χ2v) is 4.52. The average Bonchev–Trinajstić information content (AvgIpc) is 2.39. The van der Waals surface area contributed by atoms with E-state index >= 15 is 0 Å². The first kappa shape index (κ1) is 11.9. The first-order valence-electron chi connectivity index (χ1n) is 5.73. The highest BCUT2D eigenvalue weighted by atomic mass is 35.5. The minimum atomic E-state index is -0.152. The Labute approximate surface area is 114 Å². The lowest BCUT2D eigenvalue weighted by Gasteiger charge is -2.20. The van der Waals surface area contributed by atoms with Gasteiger partial charge in [-0.2, -0.15) is 0 Å². The smallest absolute Gasteiger partial charge is 0.262 e. The summed E-state index contributed by atoms with van der Waals surface area (Å²) < 4.78 is 5.37. The monoisotopic (exact) mass is 275 g/mol. The molecule has 5 nitrogen and oxygen atoms in total. The third kappa shape index (κ3) is 2.51. The van der Waals surface area contributed by atoms with Crippen molar-refractivity contribution in [2.24, 2.45) is 0 Å². The number of halogens is 1. The summed E-state index contributed by atoms with van der Waals surface area (Å²) in [4.78, 5) is 19.4. The molecule has 0 fully saturated rings. The van der Waals surface area contributed by atoms with Crippen LogP contribution in [0.2, 0.25) is 5.15 Å². The van der Waals surface area contributed by atoms with Gasteiger partial charge >= 0.3 is 0 Å². The summed E-state index contributed by atoms with van der Waals surface area (Å²) >= 11 is 5.83. The van der Waals surface area contributed by atoms with Crippen molar-refractivity contribution >= 4 is 23.2 Å². The molecule has 0 radical (unpaired) electrons. The molecule has 19 heavy (non-hydrogen) atoms. The number of hydrogen-bond acceptors (Lipinski definition) is 4. The fourth-order valence-electron chi connectivity index (χ4n) is 1.97. The molecule has 1 aromatic carbocycles. The van der Waals surface area contributed by atoms with E-state index in [1.165, 1.54) is 6.33 Å². The molecule has 0 spiro atoms. The summed E-state index contributed by atoms with van der Waals surface area (Å²) in [5.41, 5.74) is 2.42. The van der Waals surface area contributed by atoms with E-state index in [1.54, 1.807) is 6.07 Å². The number of carbonyl (C=O) groups excluding carboxylic acids is 1. The maximum atomic E-state index is 11.4. The van der Waals surface area contributed by atoms with Crippen LogP contribution in [0.15, 0.2) is 30.6 Å². The fraction of sp³-hybridized carbons (Fsp3) is 0.154. The number of ether oxygens (including phenoxy) is 1. The Morgan fingerprint density at radius 2 is 2.26 bits per heavy atom. The molecule has 0 aliphatic carbocycles. The van der Waals surface area contributed by atoms with Crippen LogP contribution < -0.4 is 10.1 Å². The van der Waals surface area contributed by atoms with Crippen LogP contribution in [0.4, 0.5) is 5.69 Å². The Bertz CT molecular complexity index is 646. The van der Waals surface area contributed by atoms with Gasteiger partial charge in [0.05, 0.1) is 5.69 Å². The van der Waals surface area contributed by atoms with Gasteiger partial charge in [-0.3, -0.25) is 4.79 Å². The Morgan fingerprint density at radius 1 is 1.37 bits per heavy atom. The van der Waals surface area contributed by atoms with Crippen molar-refractivity contribution < 1.29 is 9.53 Å². The molecule has 1 N–H and O–H groups in total. The number of nitrogens with one attached hydrogen (secondary N) is 1. The molecule has 2 heterocycles. The van der Waals surface area contributed by atoms with Crippen LogP contribution in [0.1, 0.15) is 11.3 Å². The molecule has 0 saturated carbocycles. The zero-order valence-corrected chi connectivity index (χ0v) is 10.6. The first-order valence-corrected chi connectivity index (χ1v) is 6.11. The second kappa shape index (κ2) is 4.85. The van der Waals surface area contributed by atoms with Crippen molar-refractivity contribution in [1.82, 2.24) is 9.97 Å². The maximum absolute atomic E-state index is 11.4. The summed E-state index contributed by atoms with van der Waals surface area (Å²) in [5.74, 6) is 0.526. The SMILES string of the molecule is O=C1COc2cccc(Cc3cc(Cl)ncn3)c2N1. The molecule has 1 aromatic heterocycles. The second-order valence-electron chi connectivity index (χ2n) is 4.14. The van der Waals surface area contributed by atoms with Gasteiger partial charge in [0.1, 0.15) is 17.2 Å². The fourth-order valence-corrected chi connectivity index (χ4v) is 2.14. The van der Waals surface area contributed by atoms with Crippen molar-refractivity contribution in [3.8, 4) is 5.75 Å². The molecule has 1 amide bonds. The van der Waals surface area contributed by atoms with Crippen LogP contribution in [0.5, 0.6) is 5.75 Å². The lowest BCUT2D eigenvalue weighted by Crippen LogP contribution is -2.26. The highest BCUT2D eigenvalue weighted by Gasteiger charge is 2.19. The minimum Gasteiger partial charge on any atom is -0.482 e.